The molecule has 0 N–H and O–H groups in total. The van der Waals surface area contributed by atoms with E-state index in [1.165, 1.54) is 17.0 Å². The van der Waals surface area contributed by atoms with E-state index in [-0.39, 0.29) is 0 Å². The minimum atomic E-state index is 0.508. The van der Waals surface area contributed by atoms with Crippen molar-refractivity contribution >= 4 is 61.3 Å². The van der Waals surface area contributed by atoms with Gasteiger partial charge in [-0.1, -0.05) is 34.5 Å². The lowest BCUT2D eigenvalue weighted by atomic mass is 10.1. The van der Waals surface area contributed by atoms with E-state index in [1.807, 2.05) is 19.1 Å². The van der Waals surface area contributed by atoms with Crippen LogP contribution in [0.2, 0.25) is 10.0 Å². The van der Waals surface area contributed by atoms with Crippen molar-refractivity contribution in [3.8, 4) is 0 Å². The number of aromatic nitrogens is 1. The first-order chi connectivity index (χ1) is 12.6. The van der Waals surface area contributed by atoms with E-state index in [0.717, 1.165) is 47.8 Å². The molecule has 5 nitrogen and oxygen atoms in total. The highest BCUT2D eigenvalue weighted by Gasteiger charge is 2.13. The fourth-order valence-corrected chi connectivity index (χ4v) is 4.15. The Morgan fingerprint density at radius 1 is 1.12 bits per heavy atom. The predicted octanol–water partition coefficient (Wildman–Crippen LogP) is 6.16. The topological polar surface area (TPSA) is 50.1 Å². The summed E-state index contributed by atoms with van der Waals surface area (Å²) in [4.78, 5) is 6.76. The maximum absolute atomic E-state index is 6.23. The van der Waals surface area contributed by atoms with E-state index in [9.17, 15) is 0 Å². The zero-order valence-electron chi connectivity index (χ0n) is 14.1. The normalized spacial score (nSPS) is 15.3. The number of thiazole rings is 1. The summed E-state index contributed by atoms with van der Waals surface area (Å²) in [5.74, 6) is 0. The van der Waals surface area contributed by atoms with E-state index in [1.54, 1.807) is 6.07 Å². The molecule has 4 rings (SSSR count). The number of aryl methyl sites for hydroxylation is 1. The highest BCUT2D eigenvalue weighted by atomic mass is 35.5. The van der Waals surface area contributed by atoms with Crippen molar-refractivity contribution in [3.05, 3.63) is 45.9 Å². The van der Waals surface area contributed by atoms with Gasteiger partial charge in [0.25, 0.3) is 0 Å². The minimum absolute atomic E-state index is 0.508. The fourth-order valence-electron chi connectivity index (χ4n) is 2.83. The molecule has 26 heavy (non-hydrogen) atoms. The van der Waals surface area contributed by atoms with E-state index >= 15 is 0 Å². The summed E-state index contributed by atoms with van der Waals surface area (Å²) in [6.45, 7) is 5.40. The molecule has 2 heterocycles. The summed E-state index contributed by atoms with van der Waals surface area (Å²) in [5, 5.41) is 10.2. The van der Waals surface area contributed by atoms with Crippen molar-refractivity contribution in [2.45, 2.75) is 6.92 Å². The molecule has 0 spiro atoms. The average molecular weight is 407 g/mol. The van der Waals surface area contributed by atoms with E-state index in [0.29, 0.717) is 15.2 Å². The monoisotopic (exact) mass is 406 g/mol. The lowest BCUT2D eigenvalue weighted by molar-refractivity contribution is 0.122. The van der Waals surface area contributed by atoms with Gasteiger partial charge >= 0.3 is 0 Å². The van der Waals surface area contributed by atoms with E-state index in [2.05, 4.69) is 32.2 Å². The smallest absolute Gasteiger partial charge is 0.231 e. The van der Waals surface area contributed by atoms with Crippen molar-refractivity contribution in [2.75, 3.05) is 31.2 Å². The Labute approximate surface area is 165 Å². The van der Waals surface area contributed by atoms with Crippen LogP contribution in [-0.4, -0.2) is 31.3 Å². The number of rotatable bonds is 3. The van der Waals surface area contributed by atoms with Crippen molar-refractivity contribution < 1.29 is 4.74 Å². The summed E-state index contributed by atoms with van der Waals surface area (Å²) >= 11 is 13.7. The molecular formula is C18H16Cl2N4OS. The van der Waals surface area contributed by atoms with Crippen LogP contribution in [0.1, 0.15) is 5.56 Å². The molecule has 134 valence electrons. The Morgan fingerprint density at radius 2 is 1.92 bits per heavy atom. The molecule has 1 aromatic heterocycles. The number of anilines is 1. The Hall–Kier alpha value is -1.73. The van der Waals surface area contributed by atoms with Crippen molar-refractivity contribution in [3.63, 3.8) is 0 Å². The number of azo groups is 1. The third-order valence-corrected chi connectivity index (χ3v) is 6.13. The second-order valence-corrected chi connectivity index (χ2v) is 7.74. The van der Waals surface area contributed by atoms with Gasteiger partial charge < -0.3 is 9.64 Å². The molecule has 3 aromatic rings. The van der Waals surface area contributed by atoms with E-state index < -0.39 is 0 Å². The van der Waals surface area contributed by atoms with Crippen molar-refractivity contribution in [2.24, 2.45) is 10.2 Å². The Balaban J connectivity index is 1.57. The molecule has 0 amide bonds. The Morgan fingerprint density at radius 3 is 2.69 bits per heavy atom. The first kappa shape index (κ1) is 17.7. The summed E-state index contributed by atoms with van der Waals surface area (Å²) in [5.41, 5.74) is 3.86. The van der Waals surface area contributed by atoms with Crippen LogP contribution in [0.5, 0.6) is 0 Å². The molecule has 1 fully saturated rings. The number of benzene rings is 2. The maximum Gasteiger partial charge on any atom is 0.231 e. The van der Waals surface area contributed by atoms with Crippen LogP contribution in [0.3, 0.4) is 0 Å². The molecule has 0 aliphatic carbocycles. The van der Waals surface area contributed by atoms with Crippen molar-refractivity contribution in [1.82, 2.24) is 4.98 Å². The first-order valence-corrected chi connectivity index (χ1v) is 9.79. The maximum atomic E-state index is 6.23. The van der Waals surface area contributed by atoms with Gasteiger partial charge in [-0.25, -0.2) is 4.98 Å². The average Bonchev–Trinajstić information content (AvgIpc) is 3.08. The van der Waals surface area contributed by atoms with Gasteiger partial charge in [0, 0.05) is 18.8 Å². The summed E-state index contributed by atoms with van der Waals surface area (Å²) in [6, 6.07) is 9.76. The molecule has 0 radical (unpaired) electrons. The lowest BCUT2D eigenvalue weighted by Crippen LogP contribution is -2.36. The number of halogens is 2. The number of nitrogens with zero attached hydrogens (tertiary/aromatic N) is 4. The van der Waals surface area contributed by atoms with Gasteiger partial charge in [0.05, 0.1) is 39.2 Å². The van der Waals surface area contributed by atoms with Gasteiger partial charge in [-0.05, 0) is 42.8 Å². The highest BCUT2D eigenvalue weighted by molar-refractivity contribution is 7.22. The highest BCUT2D eigenvalue weighted by Crippen LogP contribution is 2.38. The van der Waals surface area contributed by atoms with Crippen LogP contribution in [0.25, 0.3) is 10.2 Å². The Kier molecular flexibility index (Phi) is 5.09. The van der Waals surface area contributed by atoms with Gasteiger partial charge in [0.2, 0.25) is 5.13 Å². The molecule has 1 aliphatic rings. The lowest BCUT2D eigenvalue weighted by Gasteiger charge is -2.29. The zero-order chi connectivity index (χ0) is 18.1. The van der Waals surface area contributed by atoms with Crippen LogP contribution in [0.4, 0.5) is 16.5 Å². The number of fused-ring (bicyclic) bond motifs is 1. The molecule has 2 aromatic carbocycles. The predicted molar refractivity (Wildman–Crippen MR) is 108 cm³/mol. The SMILES string of the molecule is Cc1cc(N2CCOCC2)ccc1/N=N/c1nc2ccc(Cl)c(Cl)c2s1. The van der Waals surface area contributed by atoms with Crippen LogP contribution < -0.4 is 4.90 Å². The number of hydrogen-bond donors (Lipinski definition) is 0. The molecule has 8 heteroatoms. The quantitative estimate of drug-likeness (QED) is 0.489. The zero-order valence-corrected chi connectivity index (χ0v) is 16.4. The van der Waals surface area contributed by atoms with Gasteiger partial charge in [-0.15, -0.1) is 10.2 Å². The molecule has 0 atom stereocenters. The van der Waals surface area contributed by atoms with Gasteiger partial charge in [-0.3, -0.25) is 0 Å². The number of morpholine rings is 1. The summed E-state index contributed by atoms with van der Waals surface area (Å²) in [6.07, 6.45) is 0. The van der Waals surface area contributed by atoms with Crippen LogP contribution in [0, 0.1) is 6.92 Å². The van der Waals surface area contributed by atoms with Crippen LogP contribution in [-0.2, 0) is 4.74 Å². The molecule has 0 bridgehead atoms. The first-order valence-electron chi connectivity index (χ1n) is 8.21. The third kappa shape index (κ3) is 3.55. The summed E-state index contributed by atoms with van der Waals surface area (Å²) in [7, 11) is 0. The van der Waals surface area contributed by atoms with Crippen LogP contribution >= 0.6 is 34.5 Å². The second kappa shape index (κ2) is 7.48. The van der Waals surface area contributed by atoms with Gasteiger partial charge in [0.1, 0.15) is 0 Å². The third-order valence-electron chi connectivity index (χ3n) is 4.24. The molecule has 0 saturated carbocycles. The standard InChI is InChI=1S/C18H16Cl2N4OS/c1-11-10-12(24-6-8-25-9-7-24)2-4-14(11)22-23-18-21-15-5-3-13(19)16(20)17(15)26-18/h2-5,10H,6-9H2,1H3/b23-22+. The second-order valence-electron chi connectivity index (χ2n) is 5.98. The van der Waals surface area contributed by atoms with Gasteiger partial charge in [-0.2, -0.15) is 0 Å². The molecular weight excluding hydrogens is 391 g/mol. The minimum Gasteiger partial charge on any atom is -0.378 e. The summed E-state index contributed by atoms with van der Waals surface area (Å²) < 4.78 is 6.23. The number of hydrogen-bond acceptors (Lipinski definition) is 6. The molecule has 1 aliphatic heterocycles. The molecule has 0 unspecified atom stereocenters. The van der Waals surface area contributed by atoms with E-state index in [4.69, 9.17) is 27.9 Å². The van der Waals surface area contributed by atoms with Gasteiger partial charge in [0.15, 0.2) is 0 Å². The fraction of sp³-hybridized carbons (Fsp3) is 0.278. The number of ether oxygens (including phenoxy) is 1. The molecule has 1 saturated heterocycles. The van der Waals surface area contributed by atoms with Crippen LogP contribution in [0.15, 0.2) is 40.6 Å². The Bertz CT molecular complexity index is 983. The van der Waals surface area contributed by atoms with Crippen molar-refractivity contribution in [1.29, 1.82) is 0 Å². The largest absolute Gasteiger partial charge is 0.378 e.